The molecule has 4 nitrogen and oxygen atoms in total. The molecule has 0 aromatic carbocycles. The molecular formula is C13H20ClN3O. The van der Waals surface area contributed by atoms with Crippen LogP contribution >= 0.6 is 11.6 Å². The van der Waals surface area contributed by atoms with Gasteiger partial charge in [-0.25, -0.2) is 0 Å². The first-order valence-electron chi connectivity index (χ1n) is 6.55. The lowest BCUT2D eigenvalue weighted by Gasteiger charge is -2.18. The summed E-state index contributed by atoms with van der Waals surface area (Å²) in [5.74, 6) is 0.998. The molecular weight excluding hydrogens is 250 g/mol. The topological polar surface area (TPSA) is 46.9 Å². The first-order chi connectivity index (χ1) is 8.65. The fourth-order valence-electron chi connectivity index (χ4n) is 2.57. The first-order valence-corrected chi connectivity index (χ1v) is 7.09. The monoisotopic (exact) mass is 269 g/mol. The summed E-state index contributed by atoms with van der Waals surface area (Å²) in [4.78, 5) is 12.2. The first kappa shape index (κ1) is 13.4. The van der Waals surface area contributed by atoms with Gasteiger partial charge in [-0.15, -0.1) is 11.6 Å². The van der Waals surface area contributed by atoms with E-state index in [4.69, 9.17) is 11.6 Å². The molecule has 5 heteroatoms. The molecule has 1 aliphatic rings. The molecule has 100 valence electrons. The molecule has 1 aliphatic carbocycles. The van der Waals surface area contributed by atoms with Gasteiger partial charge in [0, 0.05) is 19.0 Å². The zero-order chi connectivity index (χ0) is 13.1. The van der Waals surface area contributed by atoms with Gasteiger partial charge >= 0.3 is 0 Å². The van der Waals surface area contributed by atoms with Gasteiger partial charge < -0.3 is 5.32 Å². The smallest absolute Gasteiger partial charge is 0.269 e. The number of carbonyl (C=O) groups is 1. The highest BCUT2D eigenvalue weighted by atomic mass is 35.5. The second-order valence-electron chi connectivity index (χ2n) is 4.92. The quantitative estimate of drug-likeness (QED) is 0.851. The van der Waals surface area contributed by atoms with E-state index in [-0.39, 0.29) is 11.9 Å². The molecule has 1 aromatic heterocycles. The van der Waals surface area contributed by atoms with E-state index in [9.17, 15) is 4.79 Å². The molecule has 2 atom stereocenters. The van der Waals surface area contributed by atoms with Gasteiger partial charge in [0.2, 0.25) is 0 Å². The Balaban J connectivity index is 2.05. The Kier molecular flexibility index (Phi) is 4.27. The second kappa shape index (κ2) is 5.74. The number of amides is 1. The summed E-state index contributed by atoms with van der Waals surface area (Å²) in [6.07, 6.45) is 4.13. The molecule has 1 heterocycles. The van der Waals surface area contributed by atoms with E-state index in [1.54, 1.807) is 4.68 Å². The molecule has 0 spiro atoms. The Morgan fingerprint density at radius 3 is 3.00 bits per heavy atom. The van der Waals surface area contributed by atoms with Gasteiger partial charge in [0.05, 0.1) is 5.69 Å². The van der Waals surface area contributed by atoms with Gasteiger partial charge in [-0.05, 0) is 31.2 Å². The fourth-order valence-corrected chi connectivity index (χ4v) is 2.94. The lowest BCUT2D eigenvalue weighted by Crippen LogP contribution is -2.38. The number of alkyl halides is 1. The highest BCUT2D eigenvalue weighted by Crippen LogP contribution is 2.26. The molecule has 1 N–H and O–H groups in total. The van der Waals surface area contributed by atoms with Crippen molar-refractivity contribution in [2.75, 3.05) is 5.88 Å². The molecule has 1 amide bonds. The lowest BCUT2D eigenvalue weighted by molar-refractivity contribution is 0.0920. The van der Waals surface area contributed by atoms with Crippen LogP contribution in [-0.4, -0.2) is 27.6 Å². The number of hydrogen-bond acceptors (Lipinski definition) is 2. The van der Waals surface area contributed by atoms with Gasteiger partial charge in [0.15, 0.2) is 0 Å². The predicted molar refractivity (Wildman–Crippen MR) is 71.9 cm³/mol. The van der Waals surface area contributed by atoms with Gasteiger partial charge in [-0.1, -0.05) is 13.3 Å². The van der Waals surface area contributed by atoms with Crippen molar-refractivity contribution in [2.24, 2.45) is 13.0 Å². The van der Waals surface area contributed by atoms with Crippen molar-refractivity contribution in [1.82, 2.24) is 15.1 Å². The average Bonchev–Trinajstić information content (AvgIpc) is 2.95. The number of aromatic nitrogens is 2. The maximum atomic E-state index is 12.2. The van der Waals surface area contributed by atoms with Crippen LogP contribution in [-0.2, 0) is 13.5 Å². The normalized spacial score (nSPS) is 23.3. The summed E-state index contributed by atoms with van der Waals surface area (Å²) in [7, 11) is 1.81. The number of rotatable bonds is 4. The summed E-state index contributed by atoms with van der Waals surface area (Å²) >= 11 is 5.92. The Hall–Kier alpha value is -1.03. The molecule has 1 saturated carbocycles. The molecule has 0 aliphatic heterocycles. The van der Waals surface area contributed by atoms with E-state index in [2.05, 4.69) is 10.4 Å². The Morgan fingerprint density at radius 2 is 2.39 bits per heavy atom. The molecule has 18 heavy (non-hydrogen) atoms. The highest BCUT2D eigenvalue weighted by molar-refractivity contribution is 6.18. The van der Waals surface area contributed by atoms with Crippen molar-refractivity contribution in [3.05, 3.63) is 17.5 Å². The molecule has 0 radical (unpaired) electrons. The summed E-state index contributed by atoms with van der Waals surface area (Å²) < 4.78 is 1.65. The molecule has 2 unspecified atom stereocenters. The van der Waals surface area contributed by atoms with E-state index in [1.807, 2.05) is 20.0 Å². The number of halogens is 1. The van der Waals surface area contributed by atoms with E-state index in [0.29, 0.717) is 17.5 Å². The van der Waals surface area contributed by atoms with Crippen LogP contribution < -0.4 is 5.32 Å². The number of hydrogen-bond donors (Lipinski definition) is 1. The minimum atomic E-state index is -0.0354. The highest BCUT2D eigenvalue weighted by Gasteiger charge is 2.28. The van der Waals surface area contributed by atoms with E-state index >= 15 is 0 Å². The summed E-state index contributed by atoms with van der Waals surface area (Å²) in [6, 6.07) is 2.08. The Morgan fingerprint density at radius 1 is 1.61 bits per heavy atom. The molecule has 0 bridgehead atoms. The van der Waals surface area contributed by atoms with Crippen LogP contribution in [0.15, 0.2) is 6.07 Å². The third-order valence-corrected chi connectivity index (χ3v) is 4.10. The van der Waals surface area contributed by atoms with Crippen LogP contribution in [0.3, 0.4) is 0 Å². The molecule has 1 fully saturated rings. The maximum absolute atomic E-state index is 12.2. The van der Waals surface area contributed by atoms with Crippen LogP contribution in [0.2, 0.25) is 0 Å². The van der Waals surface area contributed by atoms with Gasteiger partial charge in [0.25, 0.3) is 5.91 Å². The SMILES string of the molecule is CCc1cc(C(=O)NC2CCCC2CCl)n(C)n1. The van der Waals surface area contributed by atoms with E-state index in [1.165, 1.54) is 0 Å². The molecule has 1 aromatic rings. The number of carbonyl (C=O) groups excluding carboxylic acids is 1. The third kappa shape index (κ3) is 2.69. The van der Waals surface area contributed by atoms with Crippen molar-refractivity contribution in [3.8, 4) is 0 Å². The zero-order valence-corrected chi connectivity index (χ0v) is 11.7. The van der Waals surface area contributed by atoms with Gasteiger partial charge in [-0.2, -0.15) is 5.10 Å². The van der Waals surface area contributed by atoms with Crippen molar-refractivity contribution < 1.29 is 4.79 Å². The van der Waals surface area contributed by atoms with Crippen molar-refractivity contribution >= 4 is 17.5 Å². The molecule has 0 saturated heterocycles. The van der Waals surface area contributed by atoms with Crippen LogP contribution in [0, 0.1) is 5.92 Å². The number of aryl methyl sites for hydroxylation is 2. The molecule has 2 rings (SSSR count). The average molecular weight is 270 g/mol. The van der Waals surface area contributed by atoms with Crippen LogP contribution in [0.4, 0.5) is 0 Å². The third-order valence-electron chi connectivity index (χ3n) is 3.70. The minimum absolute atomic E-state index is 0.0354. The summed E-state index contributed by atoms with van der Waals surface area (Å²) in [5.41, 5.74) is 1.58. The van der Waals surface area contributed by atoms with E-state index < -0.39 is 0 Å². The lowest BCUT2D eigenvalue weighted by atomic mass is 10.1. The summed E-state index contributed by atoms with van der Waals surface area (Å²) in [5, 5.41) is 7.38. The second-order valence-corrected chi connectivity index (χ2v) is 5.23. The van der Waals surface area contributed by atoms with Gasteiger partial charge in [0.1, 0.15) is 5.69 Å². The zero-order valence-electron chi connectivity index (χ0n) is 10.9. The maximum Gasteiger partial charge on any atom is 0.269 e. The largest absolute Gasteiger partial charge is 0.348 e. The number of nitrogens with one attached hydrogen (secondary N) is 1. The Labute approximate surface area is 113 Å². The van der Waals surface area contributed by atoms with Crippen molar-refractivity contribution in [1.29, 1.82) is 0 Å². The number of nitrogens with zero attached hydrogens (tertiary/aromatic N) is 2. The fraction of sp³-hybridized carbons (Fsp3) is 0.692. The minimum Gasteiger partial charge on any atom is -0.348 e. The van der Waals surface area contributed by atoms with Crippen LogP contribution in [0.5, 0.6) is 0 Å². The van der Waals surface area contributed by atoms with Crippen molar-refractivity contribution in [3.63, 3.8) is 0 Å². The van der Waals surface area contributed by atoms with Crippen LogP contribution in [0.25, 0.3) is 0 Å². The predicted octanol–water partition coefficient (Wildman–Crippen LogP) is 2.12. The summed E-state index contributed by atoms with van der Waals surface area (Å²) in [6.45, 7) is 2.03. The van der Waals surface area contributed by atoms with Crippen molar-refractivity contribution in [2.45, 2.75) is 38.6 Å². The van der Waals surface area contributed by atoms with E-state index in [0.717, 1.165) is 31.4 Å². The van der Waals surface area contributed by atoms with Gasteiger partial charge in [-0.3, -0.25) is 9.48 Å². The standard InChI is InChI=1S/C13H20ClN3O/c1-3-10-7-12(17(2)16-10)13(18)15-11-6-4-5-9(11)8-14/h7,9,11H,3-6,8H2,1-2H3,(H,15,18). The van der Waals surface area contributed by atoms with Crippen LogP contribution in [0.1, 0.15) is 42.4 Å². The Bertz CT molecular complexity index is 430.